The molecule has 0 spiro atoms. The van der Waals surface area contributed by atoms with Crippen LogP contribution in [0.1, 0.15) is 78.7 Å². The minimum atomic E-state index is -0.899. The van der Waals surface area contributed by atoms with E-state index in [0.717, 1.165) is 12.1 Å². The molecule has 1 heterocycles. The lowest BCUT2D eigenvalue weighted by Crippen LogP contribution is -2.34. The van der Waals surface area contributed by atoms with Gasteiger partial charge in [-0.15, -0.1) is 0 Å². The summed E-state index contributed by atoms with van der Waals surface area (Å²) in [5, 5.41) is 9.13. The van der Waals surface area contributed by atoms with E-state index in [1.54, 1.807) is 12.1 Å². The van der Waals surface area contributed by atoms with Gasteiger partial charge in [0.2, 0.25) is 0 Å². The first kappa shape index (κ1) is 21.2. The molecule has 1 N–H and O–H groups in total. The number of fused-ring (bicyclic) bond motifs is 1. The molecule has 1 aromatic heterocycles. The number of aromatic nitrogens is 1. The topological polar surface area (TPSA) is 42.2 Å². The highest BCUT2D eigenvalue weighted by Gasteiger charge is 2.37. The van der Waals surface area contributed by atoms with Crippen LogP contribution in [0.4, 0.5) is 0 Å². The molecule has 31 heavy (non-hydrogen) atoms. The minimum Gasteiger partial charge on any atom is -0.478 e. The van der Waals surface area contributed by atoms with Crippen molar-refractivity contribution in [2.75, 3.05) is 0 Å². The summed E-state index contributed by atoms with van der Waals surface area (Å²) in [6.07, 6.45) is 10.8. The van der Waals surface area contributed by atoms with Gasteiger partial charge in [-0.25, -0.2) is 4.79 Å². The number of hydrogen-bond donors (Lipinski definition) is 1. The molecule has 0 amide bonds. The van der Waals surface area contributed by atoms with Crippen molar-refractivity contribution in [1.29, 1.82) is 0 Å². The molecule has 0 aliphatic heterocycles. The molecule has 0 unspecified atom stereocenters. The van der Waals surface area contributed by atoms with Crippen LogP contribution in [-0.2, 0) is 17.4 Å². The SMILES string of the molecule is CC1(C)CCC(C)(C)c2cc(Cn3cccc3)c(/C=C/c3ccc(C(=O)O)cc3)cc21. The fraction of sp³-hybridized carbons (Fsp3) is 0.321. The zero-order valence-corrected chi connectivity index (χ0v) is 18.9. The second-order valence-electron chi connectivity index (χ2n) is 9.98. The summed E-state index contributed by atoms with van der Waals surface area (Å²) in [5.41, 5.74) is 7.07. The van der Waals surface area contributed by atoms with E-state index in [2.05, 4.69) is 81.1 Å². The van der Waals surface area contributed by atoms with Crippen LogP contribution in [0.15, 0.2) is 60.9 Å². The molecule has 0 radical (unpaired) electrons. The maximum atomic E-state index is 11.1. The third kappa shape index (κ3) is 4.36. The van der Waals surface area contributed by atoms with Crippen molar-refractivity contribution in [2.45, 2.75) is 57.9 Å². The van der Waals surface area contributed by atoms with E-state index in [9.17, 15) is 4.79 Å². The van der Waals surface area contributed by atoms with Gasteiger partial charge in [-0.05, 0) is 75.8 Å². The average molecular weight is 414 g/mol. The van der Waals surface area contributed by atoms with E-state index in [4.69, 9.17) is 5.11 Å². The molecule has 0 saturated carbocycles. The van der Waals surface area contributed by atoms with Crippen LogP contribution in [0.2, 0.25) is 0 Å². The second kappa shape index (κ2) is 7.88. The van der Waals surface area contributed by atoms with Crippen LogP contribution in [0.25, 0.3) is 12.2 Å². The van der Waals surface area contributed by atoms with Gasteiger partial charge >= 0.3 is 5.97 Å². The van der Waals surface area contributed by atoms with Crippen LogP contribution < -0.4 is 0 Å². The highest BCUT2D eigenvalue weighted by molar-refractivity contribution is 5.88. The van der Waals surface area contributed by atoms with Crippen LogP contribution in [0.5, 0.6) is 0 Å². The number of benzene rings is 2. The minimum absolute atomic E-state index is 0.155. The number of carbonyl (C=O) groups is 1. The second-order valence-corrected chi connectivity index (χ2v) is 9.98. The number of aromatic carboxylic acids is 1. The summed E-state index contributed by atoms with van der Waals surface area (Å²) in [5.74, 6) is -0.899. The third-order valence-electron chi connectivity index (χ3n) is 6.74. The fourth-order valence-electron chi connectivity index (χ4n) is 4.56. The summed E-state index contributed by atoms with van der Waals surface area (Å²) in [6, 6.07) is 16.0. The van der Waals surface area contributed by atoms with Crippen molar-refractivity contribution in [3.05, 3.63) is 94.3 Å². The lowest BCUT2D eigenvalue weighted by Gasteiger charge is -2.42. The van der Waals surface area contributed by atoms with E-state index in [1.165, 1.54) is 35.1 Å². The molecule has 2 aromatic carbocycles. The van der Waals surface area contributed by atoms with Crippen molar-refractivity contribution < 1.29 is 9.90 Å². The first-order valence-electron chi connectivity index (χ1n) is 11.0. The molecule has 160 valence electrons. The van der Waals surface area contributed by atoms with Crippen molar-refractivity contribution in [3.8, 4) is 0 Å². The van der Waals surface area contributed by atoms with Crippen molar-refractivity contribution in [3.63, 3.8) is 0 Å². The Kier molecular flexibility index (Phi) is 5.38. The Bertz CT molecular complexity index is 1120. The maximum Gasteiger partial charge on any atom is 0.335 e. The van der Waals surface area contributed by atoms with Gasteiger partial charge in [-0.2, -0.15) is 0 Å². The normalized spacial score (nSPS) is 16.9. The zero-order chi connectivity index (χ0) is 22.2. The highest BCUT2D eigenvalue weighted by atomic mass is 16.4. The molecular formula is C28H31NO2. The number of carboxylic acids is 1. The first-order chi connectivity index (χ1) is 14.7. The van der Waals surface area contributed by atoms with Crippen molar-refractivity contribution in [1.82, 2.24) is 4.57 Å². The van der Waals surface area contributed by atoms with Gasteiger partial charge in [0.1, 0.15) is 0 Å². The van der Waals surface area contributed by atoms with Gasteiger partial charge in [-0.3, -0.25) is 0 Å². The Labute approximate surface area is 185 Å². The maximum absolute atomic E-state index is 11.1. The van der Waals surface area contributed by atoms with Gasteiger partial charge in [0.25, 0.3) is 0 Å². The monoisotopic (exact) mass is 413 g/mol. The molecule has 3 nitrogen and oxygen atoms in total. The molecule has 0 atom stereocenters. The van der Waals surface area contributed by atoms with E-state index >= 15 is 0 Å². The Hall–Kier alpha value is -3.07. The summed E-state index contributed by atoms with van der Waals surface area (Å²) < 4.78 is 2.21. The Morgan fingerprint density at radius 2 is 1.52 bits per heavy atom. The Morgan fingerprint density at radius 3 is 2.10 bits per heavy atom. The third-order valence-corrected chi connectivity index (χ3v) is 6.74. The molecule has 1 aliphatic carbocycles. The average Bonchev–Trinajstić information content (AvgIpc) is 3.23. The Balaban J connectivity index is 1.78. The number of carboxylic acid groups (broad SMARTS) is 1. The molecule has 1 aliphatic rings. The summed E-state index contributed by atoms with van der Waals surface area (Å²) in [6.45, 7) is 10.3. The van der Waals surface area contributed by atoms with Gasteiger partial charge in [-0.1, -0.05) is 64.1 Å². The summed E-state index contributed by atoms with van der Waals surface area (Å²) in [7, 11) is 0. The molecule has 3 heteroatoms. The van der Waals surface area contributed by atoms with Gasteiger partial charge in [0.05, 0.1) is 5.56 Å². The predicted molar refractivity (Wildman–Crippen MR) is 128 cm³/mol. The summed E-state index contributed by atoms with van der Waals surface area (Å²) in [4.78, 5) is 11.1. The van der Waals surface area contributed by atoms with Crippen molar-refractivity contribution >= 4 is 18.1 Å². The van der Waals surface area contributed by atoms with Gasteiger partial charge < -0.3 is 9.67 Å². The Morgan fingerprint density at radius 1 is 0.935 bits per heavy atom. The van der Waals surface area contributed by atoms with Crippen LogP contribution in [-0.4, -0.2) is 15.6 Å². The molecule has 3 aromatic rings. The van der Waals surface area contributed by atoms with Crippen molar-refractivity contribution in [2.24, 2.45) is 0 Å². The molecule has 0 fully saturated rings. The van der Waals surface area contributed by atoms with E-state index in [-0.39, 0.29) is 10.8 Å². The van der Waals surface area contributed by atoms with Gasteiger partial charge in [0, 0.05) is 18.9 Å². The van der Waals surface area contributed by atoms with Crippen LogP contribution >= 0.6 is 0 Å². The first-order valence-corrected chi connectivity index (χ1v) is 11.0. The largest absolute Gasteiger partial charge is 0.478 e. The number of rotatable bonds is 5. The van der Waals surface area contributed by atoms with E-state index in [0.29, 0.717) is 5.56 Å². The zero-order valence-electron chi connectivity index (χ0n) is 18.9. The number of nitrogens with zero attached hydrogens (tertiary/aromatic N) is 1. The molecule has 0 saturated heterocycles. The van der Waals surface area contributed by atoms with Crippen LogP contribution in [0, 0.1) is 0 Å². The van der Waals surface area contributed by atoms with Gasteiger partial charge in [0.15, 0.2) is 0 Å². The quantitative estimate of drug-likeness (QED) is 0.470. The van der Waals surface area contributed by atoms with E-state index < -0.39 is 5.97 Å². The molecular weight excluding hydrogens is 382 g/mol. The van der Waals surface area contributed by atoms with Crippen LogP contribution in [0.3, 0.4) is 0 Å². The lowest BCUT2D eigenvalue weighted by atomic mass is 9.62. The molecule has 4 rings (SSSR count). The standard InChI is InChI=1S/C28H31NO2/c1-27(2)13-14-28(3,4)25-18-23(19-29-15-5-6-16-29)22(17-24(25)27)12-9-20-7-10-21(11-8-20)26(30)31/h5-12,15-18H,13-14,19H2,1-4H3,(H,30,31)/b12-9+. The van der Waals surface area contributed by atoms with E-state index in [1.807, 2.05) is 12.1 Å². The lowest BCUT2D eigenvalue weighted by molar-refractivity contribution is 0.0697. The molecule has 0 bridgehead atoms. The predicted octanol–water partition coefficient (Wildman–Crippen LogP) is 6.75. The highest BCUT2D eigenvalue weighted by Crippen LogP contribution is 2.46. The number of hydrogen-bond acceptors (Lipinski definition) is 1. The fourth-order valence-corrected chi connectivity index (χ4v) is 4.56. The smallest absolute Gasteiger partial charge is 0.335 e. The summed E-state index contributed by atoms with van der Waals surface area (Å²) >= 11 is 0.